The second-order valence-corrected chi connectivity index (χ2v) is 12.2. The number of amides is 2. The van der Waals surface area contributed by atoms with Crippen molar-refractivity contribution in [2.45, 2.75) is 77.3 Å². The number of carbonyl (C=O) groups is 2. The fourth-order valence-electron chi connectivity index (χ4n) is 5.71. The molecular formula is C29H35BrN4O2S. The first-order valence-corrected chi connectivity index (χ1v) is 15.3. The summed E-state index contributed by atoms with van der Waals surface area (Å²) in [6, 6.07) is 9.61. The van der Waals surface area contributed by atoms with E-state index < -0.39 is 6.04 Å². The lowest BCUT2D eigenvalue weighted by molar-refractivity contribution is -0.140. The predicted molar refractivity (Wildman–Crippen MR) is 152 cm³/mol. The number of carbonyl (C=O) groups excluding carboxylic acids is 2. The molecule has 1 saturated heterocycles. The van der Waals surface area contributed by atoms with Crippen LogP contribution in [0, 0.1) is 11.8 Å². The maximum Gasteiger partial charge on any atom is 0.246 e. The van der Waals surface area contributed by atoms with Crippen LogP contribution < -0.4 is 5.32 Å². The van der Waals surface area contributed by atoms with E-state index in [-0.39, 0.29) is 29.7 Å². The summed E-state index contributed by atoms with van der Waals surface area (Å²) >= 11 is 5.17. The zero-order chi connectivity index (χ0) is 25.9. The molecule has 1 aliphatic heterocycles. The van der Waals surface area contributed by atoms with E-state index in [0.29, 0.717) is 6.54 Å². The lowest BCUT2D eigenvalue weighted by Gasteiger charge is -2.35. The van der Waals surface area contributed by atoms with Crippen molar-refractivity contribution in [3.8, 4) is 11.3 Å². The first-order valence-electron chi connectivity index (χ1n) is 13.6. The standard InChI is InChI=1S/C29H35BrN4O2S/c1-3-18(2)27(35)33-26(19-10-5-4-6-11-19)29(36)34-15-9-14-24(34)28-32-23(17-37-28)21-16-25(30)31-22-13-8-7-12-20(21)22/h7-8,12-13,16-19,24,26H,3-6,9-11,14-15H2,1-2H3,(H,33,35)/t18-,24+,26+/m1/s1. The highest BCUT2D eigenvalue weighted by atomic mass is 79.9. The summed E-state index contributed by atoms with van der Waals surface area (Å²) in [6.07, 6.45) is 8.09. The molecular weight excluding hydrogens is 548 g/mol. The SMILES string of the molecule is CC[C@@H](C)C(=O)N[C@H](C(=O)N1CCC[C@H]1c1nc(-c2cc(Br)nc3ccccc23)cs1)C1CCCCC1. The number of nitrogens with zero attached hydrogens (tertiary/aromatic N) is 3. The molecule has 2 fully saturated rings. The van der Waals surface area contributed by atoms with Gasteiger partial charge in [0.25, 0.3) is 0 Å². The van der Waals surface area contributed by atoms with Crippen molar-refractivity contribution in [3.63, 3.8) is 0 Å². The number of fused-ring (bicyclic) bond motifs is 1. The smallest absolute Gasteiger partial charge is 0.246 e. The van der Waals surface area contributed by atoms with Crippen LogP contribution in [0.4, 0.5) is 0 Å². The van der Waals surface area contributed by atoms with Crippen LogP contribution in [-0.2, 0) is 9.59 Å². The quantitative estimate of drug-likeness (QED) is 0.307. The fourth-order valence-corrected chi connectivity index (χ4v) is 7.10. The highest BCUT2D eigenvalue weighted by molar-refractivity contribution is 9.10. The Bertz CT molecular complexity index is 1270. The molecule has 1 saturated carbocycles. The van der Waals surface area contributed by atoms with Crippen molar-refractivity contribution in [2.75, 3.05) is 6.54 Å². The van der Waals surface area contributed by atoms with Crippen LogP contribution >= 0.6 is 27.3 Å². The molecule has 2 aliphatic rings. The van der Waals surface area contributed by atoms with Gasteiger partial charge in [-0.25, -0.2) is 9.97 Å². The van der Waals surface area contributed by atoms with E-state index in [1.165, 1.54) is 6.42 Å². The van der Waals surface area contributed by atoms with E-state index in [9.17, 15) is 9.59 Å². The summed E-state index contributed by atoms with van der Waals surface area (Å²) in [5, 5.41) is 7.30. The number of aromatic nitrogens is 2. The van der Waals surface area contributed by atoms with Crippen LogP contribution in [0.25, 0.3) is 22.2 Å². The van der Waals surface area contributed by atoms with Crippen LogP contribution in [0.5, 0.6) is 0 Å². The first kappa shape index (κ1) is 26.3. The minimum Gasteiger partial charge on any atom is -0.344 e. The van der Waals surface area contributed by atoms with Crippen LogP contribution in [0.1, 0.15) is 76.3 Å². The number of hydrogen-bond donors (Lipinski definition) is 1. The van der Waals surface area contributed by atoms with Gasteiger partial charge >= 0.3 is 0 Å². The molecule has 3 atom stereocenters. The van der Waals surface area contributed by atoms with Crippen molar-refractivity contribution in [2.24, 2.45) is 11.8 Å². The average molecular weight is 584 g/mol. The second-order valence-electron chi connectivity index (χ2n) is 10.5. The van der Waals surface area contributed by atoms with Gasteiger partial charge in [0.05, 0.1) is 17.3 Å². The fraction of sp³-hybridized carbons (Fsp3) is 0.517. The first-order chi connectivity index (χ1) is 18.0. The predicted octanol–water partition coefficient (Wildman–Crippen LogP) is 6.90. The largest absolute Gasteiger partial charge is 0.344 e. The van der Waals surface area contributed by atoms with Crippen LogP contribution in [0.3, 0.4) is 0 Å². The van der Waals surface area contributed by atoms with Crippen LogP contribution in [0.15, 0.2) is 40.3 Å². The van der Waals surface area contributed by atoms with Crippen molar-refractivity contribution < 1.29 is 9.59 Å². The van der Waals surface area contributed by atoms with Crippen molar-refractivity contribution in [1.82, 2.24) is 20.2 Å². The Hall–Kier alpha value is -2.32. The van der Waals surface area contributed by atoms with Gasteiger partial charge in [-0.2, -0.15) is 0 Å². The molecule has 1 N–H and O–H groups in total. The van der Waals surface area contributed by atoms with Crippen molar-refractivity contribution in [1.29, 1.82) is 0 Å². The summed E-state index contributed by atoms with van der Waals surface area (Å²) in [4.78, 5) is 38.6. The molecule has 8 heteroatoms. The van der Waals surface area contributed by atoms with Gasteiger partial charge < -0.3 is 10.2 Å². The molecule has 5 rings (SSSR count). The molecule has 0 unspecified atom stereocenters. The van der Waals surface area contributed by atoms with E-state index in [1.54, 1.807) is 11.3 Å². The minimum absolute atomic E-state index is 0.00570. The second kappa shape index (κ2) is 11.6. The third-order valence-corrected chi connectivity index (χ3v) is 9.40. The highest BCUT2D eigenvalue weighted by Crippen LogP contribution is 2.39. The molecule has 1 aromatic carbocycles. The van der Waals surface area contributed by atoms with Gasteiger partial charge in [-0.15, -0.1) is 11.3 Å². The van der Waals surface area contributed by atoms with Gasteiger partial charge in [-0.05, 0) is 66.1 Å². The number of halogens is 1. The molecule has 3 aromatic rings. The Morgan fingerprint density at radius 2 is 1.92 bits per heavy atom. The molecule has 3 heterocycles. The third kappa shape index (κ3) is 5.60. The molecule has 0 bridgehead atoms. The number of hydrogen-bond acceptors (Lipinski definition) is 5. The van der Waals surface area contributed by atoms with Gasteiger partial charge in [0, 0.05) is 28.8 Å². The summed E-state index contributed by atoms with van der Waals surface area (Å²) in [5.74, 6) is 0.181. The number of benzene rings is 1. The highest BCUT2D eigenvalue weighted by Gasteiger charge is 2.40. The van der Waals surface area contributed by atoms with Gasteiger partial charge in [0.2, 0.25) is 11.8 Å². The number of pyridine rings is 1. The maximum atomic E-state index is 14.0. The Kier molecular flexibility index (Phi) is 8.24. The molecule has 37 heavy (non-hydrogen) atoms. The normalized spacial score (nSPS) is 20.2. The molecule has 2 aromatic heterocycles. The van der Waals surface area contributed by atoms with Gasteiger partial charge in [0.15, 0.2) is 0 Å². The summed E-state index contributed by atoms with van der Waals surface area (Å²) in [7, 11) is 0. The van der Waals surface area contributed by atoms with Crippen molar-refractivity contribution >= 4 is 50.0 Å². The summed E-state index contributed by atoms with van der Waals surface area (Å²) in [6.45, 7) is 4.67. The Labute approximate surface area is 231 Å². The van der Waals surface area contributed by atoms with Gasteiger partial charge in [-0.3, -0.25) is 9.59 Å². The number of nitrogens with one attached hydrogen (secondary N) is 1. The lowest BCUT2D eigenvalue weighted by Crippen LogP contribution is -2.53. The summed E-state index contributed by atoms with van der Waals surface area (Å²) < 4.78 is 0.779. The van der Waals surface area contributed by atoms with Gasteiger partial charge in [0.1, 0.15) is 15.7 Å². The molecule has 0 radical (unpaired) electrons. The number of rotatable bonds is 7. The number of para-hydroxylation sites is 1. The van der Waals surface area contributed by atoms with E-state index >= 15 is 0 Å². The molecule has 6 nitrogen and oxygen atoms in total. The van der Waals surface area contributed by atoms with E-state index in [2.05, 4.69) is 37.7 Å². The molecule has 196 valence electrons. The zero-order valence-corrected chi connectivity index (χ0v) is 24.0. The number of likely N-dealkylation sites (tertiary alicyclic amines) is 1. The Balaban J connectivity index is 1.41. The average Bonchev–Trinajstić information content (AvgIpc) is 3.61. The van der Waals surface area contributed by atoms with Crippen molar-refractivity contribution in [3.05, 3.63) is 45.3 Å². The topological polar surface area (TPSA) is 75.2 Å². The number of thiazole rings is 1. The van der Waals surface area contributed by atoms with Crippen LogP contribution in [-0.4, -0.2) is 39.3 Å². The third-order valence-electron chi connectivity index (χ3n) is 8.05. The van der Waals surface area contributed by atoms with Crippen LogP contribution in [0.2, 0.25) is 0 Å². The Morgan fingerprint density at radius 3 is 2.70 bits per heavy atom. The lowest BCUT2D eigenvalue weighted by atomic mass is 9.83. The zero-order valence-electron chi connectivity index (χ0n) is 21.6. The van der Waals surface area contributed by atoms with E-state index in [4.69, 9.17) is 4.98 Å². The molecule has 0 spiro atoms. The Morgan fingerprint density at radius 1 is 1.14 bits per heavy atom. The minimum atomic E-state index is -0.443. The molecule has 2 amide bonds. The molecule has 1 aliphatic carbocycles. The van der Waals surface area contributed by atoms with E-state index in [0.717, 1.165) is 76.7 Å². The monoisotopic (exact) mass is 582 g/mol. The maximum absolute atomic E-state index is 14.0. The van der Waals surface area contributed by atoms with E-state index in [1.807, 2.05) is 43.0 Å². The summed E-state index contributed by atoms with van der Waals surface area (Å²) in [5.41, 5.74) is 2.87. The van der Waals surface area contributed by atoms with Gasteiger partial charge in [-0.1, -0.05) is 51.3 Å².